The Hall–Kier alpha value is -14.0. The van der Waals surface area contributed by atoms with Gasteiger partial charge in [0.15, 0.2) is 0 Å². The van der Waals surface area contributed by atoms with Gasteiger partial charge < -0.3 is 100 Å². The Kier molecular flexibility index (Phi) is 26.8. The third-order valence-corrected chi connectivity index (χ3v) is 18.9. The van der Waals surface area contributed by atoms with Crippen LogP contribution >= 0.6 is 11.6 Å². The lowest BCUT2D eigenvalue weighted by molar-refractivity contribution is -0.275. The van der Waals surface area contributed by atoms with Gasteiger partial charge in [0.05, 0.1) is 68.4 Å². The number of aromatic nitrogens is 12. The minimum Gasteiger partial charge on any atom is -0.420 e. The quantitative estimate of drug-likeness (QED) is 0.0235. The van der Waals surface area contributed by atoms with Crippen molar-refractivity contribution in [2.75, 3.05) is 93.2 Å². The van der Waals surface area contributed by atoms with Crippen molar-refractivity contribution in [3.63, 3.8) is 0 Å². The summed E-state index contributed by atoms with van der Waals surface area (Å²) in [6.45, 7) is 7.56. The largest absolute Gasteiger partial charge is 0.573 e. The molecule has 4 saturated heterocycles. The molecule has 0 unspecified atom stereocenters. The predicted molar refractivity (Wildman–Crippen MR) is 432 cm³/mol. The van der Waals surface area contributed by atoms with Gasteiger partial charge in [0, 0.05) is 161 Å². The van der Waals surface area contributed by atoms with Gasteiger partial charge in [-0.05, 0) is 154 Å². The Bertz CT molecular complexity index is 5520. The lowest BCUT2D eigenvalue weighted by Crippen LogP contribution is -2.60. The summed E-state index contributed by atoms with van der Waals surface area (Å²) in [6, 6.07) is 26.4. The Morgan fingerprint density at radius 1 is 0.408 bits per heavy atom. The number of pyridine rings is 4. The van der Waals surface area contributed by atoms with Crippen molar-refractivity contribution in [1.82, 2.24) is 59.8 Å². The van der Waals surface area contributed by atoms with E-state index < -0.39 is 72.2 Å². The van der Waals surface area contributed by atoms with Gasteiger partial charge in [-0.2, -0.15) is 0 Å². The molecular formula is C81H74ClF11N20O12. The molecule has 3 atom stereocenters. The molecule has 4 fully saturated rings. The van der Waals surface area contributed by atoms with Gasteiger partial charge >= 0.3 is 24.7 Å². The normalized spacial score (nSPS) is 16.1. The van der Waals surface area contributed by atoms with E-state index in [0.717, 1.165) is 42.1 Å². The van der Waals surface area contributed by atoms with Crippen LogP contribution in [0.4, 0.5) is 94.3 Å². The van der Waals surface area contributed by atoms with Gasteiger partial charge in [0.2, 0.25) is 0 Å². The van der Waals surface area contributed by atoms with Crippen molar-refractivity contribution in [1.29, 1.82) is 0 Å². The van der Waals surface area contributed by atoms with Crippen LogP contribution in [-0.4, -0.2) is 205 Å². The van der Waals surface area contributed by atoms with Crippen molar-refractivity contribution in [3.8, 4) is 68.5 Å². The number of aliphatic hydroxyl groups excluding tert-OH is 3. The maximum Gasteiger partial charge on any atom is 0.573 e. The Morgan fingerprint density at radius 3 is 0.904 bits per heavy atom. The van der Waals surface area contributed by atoms with Crippen LogP contribution in [0.5, 0.6) is 23.0 Å². The number of carbonyl (C=O) groups excluding carboxylic acids is 4. The molecule has 12 N–H and O–H groups in total. The number of nitrogens with one attached hydrogen (secondary N) is 8. The number of anilines is 8. The maximum absolute atomic E-state index is 12.8. The van der Waals surface area contributed by atoms with Crippen molar-refractivity contribution in [3.05, 3.63) is 217 Å². The smallest absolute Gasteiger partial charge is 0.420 e. The summed E-state index contributed by atoms with van der Waals surface area (Å²) >= 11 is 4.74. The number of hydrogen-bond acceptors (Lipinski definition) is 24. The van der Waals surface area contributed by atoms with Crippen LogP contribution in [0.3, 0.4) is 0 Å². The molecule has 16 rings (SSSR count). The number of β-amino-alcohol motifs (C(OH)–C–C–N with tert-alkyl or cyclic N) is 4. The molecule has 8 aromatic heterocycles. The number of hydrogen-bond donors (Lipinski definition) is 12. The second kappa shape index (κ2) is 37.8. The molecular weight excluding hydrogens is 1690 g/mol. The first-order chi connectivity index (χ1) is 59.3. The van der Waals surface area contributed by atoms with Crippen LogP contribution in [0, 0.1) is 6.92 Å². The van der Waals surface area contributed by atoms with E-state index in [0.29, 0.717) is 163 Å². The molecule has 4 aliphatic heterocycles. The minimum absolute atomic E-state index is 0.142. The number of rotatable bonds is 21. The van der Waals surface area contributed by atoms with Crippen LogP contribution in [-0.2, 0) is 0 Å². The molecule has 0 spiro atoms. The maximum atomic E-state index is 12.8. The van der Waals surface area contributed by atoms with Crippen LogP contribution in [0.2, 0.25) is 0 Å². The number of H-pyrrole nitrogens is 4. The van der Waals surface area contributed by atoms with Gasteiger partial charge in [0.25, 0.3) is 23.6 Å². The number of aliphatic hydroxyl groups is 4. The molecule has 44 heteroatoms. The molecule has 12 heterocycles. The summed E-state index contributed by atoms with van der Waals surface area (Å²) in [6.07, 6.45) is 3.20. The highest BCUT2D eigenvalue weighted by atomic mass is 35.5. The van der Waals surface area contributed by atoms with Crippen LogP contribution in [0.25, 0.3) is 45.6 Å². The zero-order chi connectivity index (χ0) is 89.1. The van der Waals surface area contributed by atoms with E-state index in [4.69, 9.17) is 11.6 Å². The van der Waals surface area contributed by atoms with Crippen molar-refractivity contribution in [2.24, 2.45) is 0 Å². The lowest BCUT2D eigenvalue weighted by atomic mass is 9.96. The standard InChI is InChI=1S/C21H20F3N5O3.C20H18ClF2N5O3.2C20H18F3N5O3/c1-12-9-25-18(27-12)17-8-13(10-26-19(17)29-7-6-15(30)11-29)20(31)28-14-2-4-16(5-3-14)32-21(22,23)24;21-20(22,23)31-15-3-1-13(2-4-15)27-19(30)12-9-16(17-24-6-7-25-17)18(26-10-12)28-8-5-14(29)11-28;1-19(30)10-28(11-19)17-15(16-24-6-7-25-16)8-12(9-26-17)18(29)27-13-2-4-14(5-3-13)31-20(21,22)23;21-20(22,23)31-15-3-1-13(2-4-15)27-19(30)12-9-16(17-24-6-7-25-17)18(26-10-12)28-8-5-14(29)11-28/h2-5,8-10,15,30H,6-7,11H2,1H3,(H,25,27)(H,28,31);1-4,6-7,9-10,14,29H,5,8,11H2,(H,24,25)(H,27,30);2-9,30H,10-11H2,1H3,(H,24,25)(H,27,29);1-4,6-7,9-10,14,29H,5,8,11H2,(H,24,25)(H,27,30)/t15-;14-;;14-/m11.1/s1. The highest BCUT2D eigenvalue weighted by Gasteiger charge is 2.40. The summed E-state index contributed by atoms with van der Waals surface area (Å²) in [7, 11) is 0. The highest BCUT2D eigenvalue weighted by molar-refractivity contribution is 6.20. The second-order valence-corrected chi connectivity index (χ2v) is 29.2. The van der Waals surface area contributed by atoms with Crippen molar-refractivity contribution < 1.29 is 107 Å². The molecule has 0 aliphatic carbocycles. The van der Waals surface area contributed by atoms with E-state index in [2.05, 4.69) is 100 Å². The second-order valence-electron chi connectivity index (χ2n) is 28.7. The fraction of sp³-hybridized carbons (Fsp3) is 0.259. The van der Waals surface area contributed by atoms with E-state index in [9.17, 15) is 87.9 Å². The molecule has 0 radical (unpaired) electrons. The summed E-state index contributed by atoms with van der Waals surface area (Å²) in [5.74, 6) is 1.29. The average Bonchev–Trinajstić information content (AvgIpc) is 1.36. The van der Waals surface area contributed by atoms with E-state index in [1.807, 2.05) is 26.5 Å². The van der Waals surface area contributed by atoms with E-state index in [1.54, 1.807) is 74.6 Å². The first kappa shape index (κ1) is 88.7. The first-order valence-electron chi connectivity index (χ1n) is 37.8. The number of carbonyl (C=O) groups is 4. The molecule has 125 heavy (non-hydrogen) atoms. The van der Waals surface area contributed by atoms with Gasteiger partial charge in [-0.15, -0.1) is 48.3 Å². The topological polar surface area (TPSA) is 413 Å². The number of halogens is 12. The number of nitrogens with zero attached hydrogens (tertiary/aromatic N) is 12. The molecule has 0 bridgehead atoms. The van der Waals surface area contributed by atoms with Gasteiger partial charge in [-0.1, -0.05) is 0 Å². The number of amides is 4. The fourth-order valence-electron chi connectivity index (χ4n) is 13.3. The van der Waals surface area contributed by atoms with E-state index in [-0.39, 0.29) is 45.3 Å². The molecule has 654 valence electrons. The fourth-order valence-corrected chi connectivity index (χ4v) is 13.4. The number of imidazole rings is 4. The first-order valence-corrected chi connectivity index (χ1v) is 38.2. The number of alkyl halides is 12. The number of aryl methyl sites for hydroxylation is 1. The minimum atomic E-state index is -4.79. The lowest BCUT2D eigenvalue weighted by Gasteiger charge is -2.45. The molecule has 12 aromatic rings. The van der Waals surface area contributed by atoms with Gasteiger partial charge in [0.1, 0.15) is 69.6 Å². The monoisotopic (exact) mass is 1760 g/mol. The zero-order valence-electron chi connectivity index (χ0n) is 65.4. The van der Waals surface area contributed by atoms with Gasteiger partial charge in [-0.25, -0.2) is 39.9 Å². The van der Waals surface area contributed by atoms with Gasteiger partial charge in [-0.3, -0.25) is 19.2 Å². The summed E-state index contributed by atoms with van der Waals surface area (Å²) in [5.41, 5.74) is 0.895. The van der Waals surface area contributed by atoms with E-state index >= 15 is 0 Å². The van der Waals surface area contributed by atoms with E-state index in [1.165, 1.54) is 85.5 Å². The van der Waals surface area contributed by atoms with Crippen LogP contribution < -0.4 is 59.8 Å². The van der Waals surface area contributed by atoms with Crippen LogP contribution in [0.1, 0.15) is 73.3 Å². The van der Waals surface area contributed by atoms with Crippen LogP contribution in [0.15, 0.2) is 189 Å². The Labute approximate surface area is 705 Å². The summed E-state index contributed by atoms with van der Waals surface area (Å²) < 4.78 is 152. The number of benzene rings is 4. The molecule has 4 aliphatic rings. The Balaban J connectivity index is 0.000000143. The molecule has 4 aromatic carbocycles. The molecule has 4 amide bonds. The highest BCUT2D eigenvalue weighted by Crippen LogP contribution is 2.39. The predicted octanol–water partition coefficient (Wildman–Crippen LogP) is 13.4. The number of aromatic amines is 4. The Morgan fingerprint density at radius 2 is 0.680 bits per heavy atom. The molecule has 32 nitrogen and oxygen atoms in total. The number of ether oxygens (including phenoxy) is 4. The average molecular weight is 1760 g/mol. The van der Waals surface area contributed by atoms with Crippen molar-refractivity contribution in [2.45, 2.75) is 81.7 Å². The summed E-state index contributed by atoms with van der Waals surface area (Å²) in [5, 5.41) is 50.1. The third kappa shape index (κ3) is 24.4. The molecule has 0 saturated carbocycles. The zero-order valence-corrected chi connectivity index (χ0v) is 66.1. The SMILES string of the molecule is CC1(O)CN(c2ncc(C(=O)Nc3ccc(OC(F)(F)F)cc3)cc2-c2ncc[nH]2)C1.Cc1cnc(-c2cc(C(=O)Nc3ccc(OC(F)(F)F)cc3)cnc2N2CC[C@@H](O)C2)[nH]1.O=C(Nc1ccc(OC(F)(F)Cl)cc1)c1cnc(N2CC[C@@H](O)C2)c(-c2ncc[nH]2)c1.O=C(Nc1ccc(OC(F)(F)F)cc1)c1cnc(N2CC[C@@H](O)C2)c(-c2ncc[nH]2)c1. The summed E-state index contributed by atoms with van der Waals surface area (Å²) in [4.78, 5) is 105. The van der Waals surface area contributed by atoms with Crippen molar-refractivity contribution >= 4 is 81.3 Å². The third-order valence-electron chi connectivity index (χ3n) is 18.9.